The summed E-state index contributed by atoms with van der Waals surface area (Å²) in [6.07, 6.45) is 47.7. The number of aliphatic hydroxyl groups is 1. The molecule has 0 saturated carbocycles. The van der Waals surface area contributed by atoms with Gasteiger partial charge < -0.3 is 28.8 Å². The number of amides is 1. The highest BCUT2D eigenvalue weighted by Crippen LogP contribution is 2.38. The maximum Gasteiger partial charge on any atom is 0.268 e. The second kappa shape index (κ2) is 39.2. The lowest BCUT2D eigenvalue weighted by molar-refractivity contribution is -0.870. The molecule has 0 heterocycles. The molecule has 0 aliphatic heterocycles. The molecule has 3 unspecified atom stereocenters. The van der Waals surface area contributed by atoms with Gasteiger partial charge in [0.25, 0.3) is 7.82 Å². The number of hydrogen-bond donors (Lipinski definition) is 2. The number of carbonyl (C=O) groups excluding carboxylic acids is 1. The van der Waals surface area contributed by atoms with E-state index in [1.54, 1.807) is 6.08 Å². The number of aliphatic hydroxyl groups excluding tert-OH is 1. The van der Waals surface area contributed by atoms with Gasteiger partial charge in [0, 0.05) is 6.42 Å². The molecule has 0 fully saturated rings. The van der Waals surface area contributed by atoms with Crippen LogP contribution in [0, 0.1) is 0 Å². The van der Waals surface area contributed by atoms with Crippen LogP contribution in [0.1, 0.15) is 206 Å². The van der Waals surface area contributed by atoms with Crippen molar-refractivity contribution in [3.8, 4) is 0 Å². The van der Waals surface area contributed by atoms with E-state index in [9.17, 15) is 19.4 Å². The minimum Gasteiger partial charge on any atom is -0.756 e. The predicted octanol–water partition coefficient (Wildman–Crippen LogP) is 12.5. The van der Waals surface area contributed by atoms with Crippen LogP contribution in [0.2, 0.25) is 0 Å². The summed E-state index contributed by atoms with van der Waals surface area (Å²) in [5.74, 6) is -0.224. The summed E-state index contributed by atoms with van der Waals surface area (Å²) >= 11 is 0. The van der Waals surface area contributed by atoms with Crippen LogP contribution < -0.4 is 10.2 Å². The van der Waals surface area contributed by atoms with E-state index in [0.29, 0.717) is 17.4 Å². The smallest absolute Gasteiger partial charge is 0.268 e. The standard InChI is InChI=1S/C47H91N2O6P/c1-6-8-10-12-14-16-18-20-21-22-23-24-25-26-27-29-30-32-34-36-38-40-46(50)45(44-55-56(52,53)54-43-42-49(3,4)5)48-47(51)41-39-37-35-33-31-28-19-17-15-13-11-9-7-2/h28,30-32,38,40,45-46,50H,6-27,29,33-37,39,41-44H2,1-5H3,(H-,48,51,52,53)/b31-28-,32-30+,40-38+. The van der Waals surface area contributed by atoms with Gasteiger partial charge in [-0.1, -0.05) is 179 Å². The Morgan fingerprint density at radius 1 is 0.607 bits per heavy atom. The van der Waals surface area contributed by atoms with Crippen molar-refractivity contribution in [3.05, 3.63) is 36.5 Å². The lowest BCUT2D eigenvalue weighted by atomic mass is 10.0. The molecule has 1 amide bonds. The molecule has 56 heavy (non-hydrogen) atoms. The highest BCUT2D eigenvalue weighted by molar-refractivity contribution is 7.45. The third kappa shape index (κ3) is 40.9. The Kier molecular flexibility index (Phi) is 38.3. The van der Waals surface area contributed by atoms with E-state index in [4.69, 9.17) is 9.05 Å². The summed E-state index contributed by atoms with van der Waals surface area (Å²) in [4.78, 5) is 25.3. The van der Waals surface area contributed by atoms with E-state index >= 15 is 0 Å². The number of hydrogen-bond acceptors (Lipinski definition) is 6. The summed E-state index contributed by atoms with van der Waals surface area (Å²) in [6.45, 7) is 4.61. The number of phosphoric ester groups is 1. The minimum absolute atomic E-state index is 0.00897. The summed E-state index contributed by atoms with van der Waals surface area (Å²) in [5, 5.41) is 13.8. The molecule has 2 N–H and O–H groups in total. The zero-order chi connectivity index (χ0) is 41.4. The molecule has 0 radical (unpaired) electrons. The van der Waals surface area contributed by atoms with Crippen molar-refractivity contribution in [1.29, 1.82) is 0 Å². The van der Waals surface area contributed by atoms with E-state index in [-0.39, 0.29) is 12.5 Å². The third-order valence-corrected chi connectivity index (χ3v) is 11.3. The van der Waals surface area contributed by atoms with Gasteiger partial charge in [0.05, 0.1) is 39.9 Å². The Morgan fingerprint density at radius 2 is 1.00 bits per heavy atom. The molecule has 0 aliphatic rings. The highest BCUT2D eigenvalue weighted by Gasteiger charge is 2.23. The van der Waals surface area contributed by atoms with E-state index in [1.165, 1.54) is 135 Å². The van der Waals surface area contributed by atoms with Crippen molar-refractivity contribution in [2.24, 2.45) is 0 Å². The average molecular weight is 811 g/mol. The van der Waals surface area contributed by atoms with E-state index in [2.05, 4.69) is 43.5 Å². The first kappa shape index (κ1) is 54.7. The molecule has 330 valence electrons. The van der Waals surface area contributed by atoms with Gasteiger partial charge in [-0.15, -0.1) is 0 Å². The molecule has 0 bridgehead atoms. The predicted molar refractivity (Wildman–Crippen MR) is 238 cm³/mol. The molecule has 0 saturated heterocycles. The number of carbonyl (C=O) groups is 1. The zero-order valence-corrected chi connectivity index (χ0v) is 38.2. The van der Waals surface area contributed by atoms with Crippen LogP contribution in [0.4, 0.5) is 0 Å². The Hall–Kier alpha value is -1.28. The SMILES string of the molecule is CCCCCCCC/C=C\CCCCCC(=O)NC(COP(=O)([O-])OCC[N+](C)(C)C)C(O)/C=C/CC/C=C/CCCCCCCCCCCCCCCCC. The van der Waals surface area contributed by atoms with Crippen molar-refractivity contribution >= 4 is 13.7 Å². The number of likely N-dealkylation sites (N-methyl/N-ethyl adjacent to an activating group) is 1. The molecule has 0 spiro atoms. The lowest BCUT2D eigenvalue weighted by Crippen LogP contribution is -2.45. The van der Waals surface area contributed by atoms with E-state index in [1.807, 2.05) is 27.2 Å². The molecule has 0 aliphatic carbocycles. The molecule has 8 nitrogen and oxygen atoms in total. The summed E-state index contributed by atoms with van der Waals surface area (Å²) in [7, 11) is 1.23. The lowest BCUT2D eigenvalue weighted by Gasteiger charge is -2.29. The Bertz CT molecular complexity index is 1010. The number of quaternary nitrogens is 1. The van der Waals surface area contributed by atoms with Crippen LogP contribution in [-0.4, -0.2) is 68.5 Å². The quantitative estimate of drug-likeness (QED) is 0.0275. The molecule has 9 heteroatoms. The second-order valence-corrected chi connectivity index (χ2v) is 18.5. The van der Waals surface area contributed by atoms with Gasteiger partial charge >= 0.3 is 0 Å². The van der Waals surface area contributed by atoms with Crippen LogP contribution >= 0.6 is 7.82 Å². The fourth-order valence-electron chi connectivity index (χ4n) is 6.57. The number of phosphoric acid groups is 1. The Morgan fingerprint density at radius 3 is 1.45 bits per heavy atom. The molecule has 3 atom stereocenters. The summed E-state index contributed by atoms with van der Waals surface area (Å²) < 4.78 is 23.2. The number of unbranched alkanes of at least 4 members (excludes halogenated alkanes) is 25. The first-order valence-corrected chi connectivity index (χ1v) is 24.8. The fraction of sp³-hybridized carbons (Fsp3) is 0.851. The number of nitrogens with one attached hydrogen (secondary N) is 1. The van der Waals surface area contributed by atoms with Crippen molar-refractivity contribution in [3.63, 3.8) is 0 Å². The fourth-order valence-corrected chi connectivity index (χ4v) is 7.30. The monoisotopic (exact) mass is 811 g/mol. The average Bonchev–Trinajstić information content (AvgIpc) is 3.15. The molecule has 0 aromatic rings. The van der Waals surface area contributed by atoms with Crippen molar-refractivity contribution < 1.29 is 32.9 Å². The summed E-state index contributed by atoms with van der Waals surface area (Å²) in [5.41, 5.74) is 0. The van der Waals surface area contributed by atoms with Crippen molar-refractivity contribution in [1.82, 2.24) is 5.32 Å². The van der Waals surface area contributed by atoms with Gasteiger partial charge in [0.15, 0.2) is 0 Å². The van der Waals surface area contributed by atoms with E-state index < -0.39 is 26.6 Å². The largest absolute Gasteiger partial charge is 0.756 e. The molecular formula is C47H91N2O6P. The van der Waals surface area contributed by atoms with Crippen LogP contribution in [0.5, 0.6) is 0 Å². The van der Waals surface area contributed by atoms with Gasteiger partial charge in [0.2, 0.25) is 5.91 Å². The molecule has 0 aromatic carbocycles. The highest BCUT2D eigenvalue weighted by atomic mass is 31.2. The number of nitrogens with zero attached hydrogens (tertiary/aromatic N) is 1. The van der Waals surface area contributed by atoms with Crippen LogP contribution in [0.25, 0.3) is 0 Å². The van der Waals surface area contributed by atoms with Gasteiger partial charge in [0.1, 0.15) is 13.2 Å². The van der Waals surface area contributed by atoms with Crippen LogP contribution in [-0.2, 0) is 18.4 Å². The maximum absolute atomic E-state index is 12.8. The van der Waals surface area contributed by atoms with E-state index in [0.717, 1.165) is 51.4 Å². The first-order valence-electron chi connectivity index (χ1n) is 23.4. The first-order chi connectivity index (χ1) is 27.0. The molecule has 0 aromatic heterocycles. The minimum atomic E-state index is -4.60. The Labute approximate surface area is 347 Å². The van der Waals surface area contributed by atoms with Crippen molar-refractivity contribution in [2.75, 3.05) is 40.9 Å². The summed E-state index contributed by atoms with van der Waals surface area (Å²) in [6, 6.07) is -0.909. The van der Waals surface area contributed by atoms with Crippen LogP contribution in [0.3, 0.4) is 0 Å². The van der Waals surface area contributed by atoms with Gasteiger partial charge in [-0.3, -0.25) is 9.36 Å². The molecular weight excluding hydrogens is 719 g/mol. The molecule has 0 rings (SSSR count). The maximum atomic E-state index is 12.8. The number of allylic oxidation sites excluding steroid dienone is 5. The van der Waals surface area contributed by atoms with Gasteiger partial charge in [-0.25, -0.2) is 0 Å². The van der Waals surface area contributed by atoms with Gasteiger partial charge in [-0.2, -0.15) is 0 Å². The topological polar surface area (TPSA) is 108 Å². The number of rotatable bonds is 42. The Balaban J connectivity index is 4.42. The second-order valence-electron chi connectivity index (χ2n) is 17.1. The normalized spacial score (nSPS) is 14.6. The zero-order valence-electron chi connectivity index (χ0n) is 37.3. The van der Waals surface area contributed by atoms with Crippen molar-refractivity contribution in [2.45, 2.75) is 219 Å². The third-order valence-electron chi connectivity index (χ3n) is 10.3. The van der Waals surface area contributed by atoms with Crippen LogP contribution in [0.15, 0.2) is 36.5 Å². The van der Waals surface area contributed by atoms with Gasteiger partial charge in [-0.05, 0) is 57.8 Å².